The SMILES string of the molecule is CC(NC1CCC(n2nc(-c3ccncc3)ccc2=O)CC1)c1ccncc1. The summed E-state index contributed by atoms with van der Waals surface area (Å²) in [4.78, 5) is 20.5. The zero-order valence-corrected chi connectivity index (χ0v) is 16.0. The van der Waals surface area contributed by atoms with E-state index in [9.17, 15) is 4.79 Å². The molecule has 0 amide bonds. The Hall–Kier alpha value is -2.86. The predicted molar refractivity (Wildman–Crippen MR) is 109 cm³/mol. The van der Waals surface area contributed by atoms with Crippen molar-refractivity contribution in [3.05, 3.63) is 77.1 Å². The molecule has 3 heterocycles. The normalized spacial score (nSPS) is 20.6. The molecule has 1 fully saturated rings. The molecular weight excluding hydrogens is 350 g/mol. The van der Waals surface area contributed by atoms with E-state index in [1.807, 2.05) is 24.5 Å². The molecule has 28 heavy (non-hydrogen) atoms. The first-order valence-electron chi connectivity index (χ1n) is 9.87. The lowest BCUT2D eigenvalue weighted by molar-refractivity contribution is 0.259. The van der Waals surface area contributed by atoms with Crippen molar-refractivity contribution in [1.29, 1.82) is 0 Å². The van der Waals surface area contributed by atoms with E-state index in [1.165, 1.54) is 5.56 Å². The van der Waals surface area contributed by atoms with Gasteiger partial charge < -0.3 is 5.32 Å². The van der Waals surface area contributed by atoms with Crippen molar-refractivity contribution in [3.63, 3.8) is 0 Å². The average molecular weight is 375 g/mol. The second-order valence-electron chi connectivity index (χ2n) is 7.41. The van der Waals surface area contributed by atoms with Crippen LogP contribution in [-0.4, -0.2) is 25.8 Å². The van der Waals surface area contributed by atoms with Crippen LogP contribution < -0.4 is 10.9 Å². The number of pyridine rings is 2. The molecule has 3 aromatic rings. The van der Waals surface area contributed by atoms with Crippen molar-refractivity contribution in [2.45, 2.75) is 50.7 Å². The highest BCUT2D eigenvalue weighted by atomic mass is 16.1. The fourth-order valence-electron chi connectivity index (χ4n) is 3.95. The number of nitrogens with one attached hydrogen (secondary N) is 1. The quantitative estimate of drug-likeness (QED) is 0.738. The number of aromatic nitrogens is 4. The van der Waals surface area contributed by atoms with Crippen LogP contribution in [0.4, 0.5) is 0 Å². The van der Waals surface area contributed by atoms with Crippen LogP contribution in [0, 0.1) is 0 Å². The van der Waals surface area contributed by atoms with Crippen LogP contribution >= 0.6 is 0 Å². The maximum Gasteiger partial charge on any atom is 0.267 e. The van der Waals surface area contributed by atoms with Crippen LogP contribution in [0.3, 0.4) is 0 Å². The largest absolute Gasteiger partial charge is 0.307 e. The highest BCUT2D eigenvalue weighted by molar-refractivity contribution is 5.57. The molecule has 6 heteroatoms. The van der Waals surface area contributed by atoms with Gasteiger partial charge in [0, 0.05) is 48.5 Å². The molecule has 4 rings (SSSR count). The molecule has 3 aromatic heterocycles. The smallest absolute Gasteiger partial charge is 0.267 e. The average Bonchev–Trinajstić information content (AvgIpc) is 2.76. The fraction of sp³-hybridized carbons (Fsp3) is 0.364. The highest BCUT2D eigenvalue weighted by Crippen LogP contribution is 2.29. The molecule has 1 saturated carbocycles. The van der Waals surface area contributed by atoms with E-state index < -0.39 is 0 Å². The van der Waals surface area contributed by atoms with Gasteiger partial charge in [0.2, 0.25) is 0 Å². The standard InChI is InChI=1S/C22H25N5O/c1-16(17-8-12-23-13-9-17)25-19-2-4-20(5-3-19)27-22(28)7-6-21(26-27)18-10-14-24-15-11-18/h6-16,19-20,25H,2-5H2,1H3. The number of nitrogens with zero attached hydrogens (tertiary/aromatic N) is 4. The third-order valence-corrected chi connectivity index (χ3v) is 5.54. The van der Waals surface area contributed by atoms with Gasteiger partial charge in [-0.15, -0.1) is 0 Å². The third-order valence-electron chi connectivity index (χ3n) is 5.54. The molecule has 1 unspecified atom stereocenters. The Labute approximate surface area is 164 Å². The van der Waals surface area contributed by atoms with Gasteiger partial charge in [0.25, 0.3) is 5.56 Å². The van der Waals surface area contributed by atoms with Gasteiger partial charge in [-0.3, -0.25) is 14.8 Å². The topological polar surface area (TPSA) is 72.7 Å². The van der Waals surface area contributed by atoms with Crippen LogP contribution in [-0.2, 0) is 0 Å². The lowest BCUT2D eigenvalue weighted by atomic mass is 9.90. The third kappa shape index (κ3) is 4.17. The molecule has 6 nitrogen and oxygen atoms in total. The minimum atomic E-state index is -0.0284. The summed E-state index contributed by atoms with van der Waals surface area (Å²) < 4.78 is 1.68. The van der Waals surface area contributed by atoms with Crippen LogP contribution in [0.5, 0.6) is 0 Å². The molecule has 144 valence electrons. The van der Waals surface area contributed by atoms with E-state index in [4.69, 9.17) is 0 Å². The Balaban J connectivity index is 1.42. The fourth-order valence-corrected chi connectivity index (χ4v) is 3.95. The van der Waals surface area contributed by atoms with Gasteiger partial charge in [0.1, 0.15) is 0 Å². The summed E-state index contributed by atoms with van der Waals surface area (Å²) in [6, 6.07) is 12.3. The maximum absolute atomic E-state index is 12.4. The maximum atomic E-state index is 12.4. The van der Waals surface area contributed by atoms with Gasteiger partial charge >= 0.3 is 0 Å². The molecule has 0 saturated heterocycles. The highest BCUT2D eigenvalue weighted by Gasteiger charge is 2.25. The zero-order chi connectivity index (χ0) is 19.3. The zero-order valence-electron chi connectivity index (χ0n) is 16.0. The molecule has 0 radical (unpaired) electrons. The van der Waals surface area contributed by atoms with E-state index >= 15 is 0 Å². The van der Waals surface area contributed by atoms with Crippen LogP contribution in [0.2, 0.25) is 0 Å². The molecule has 0 bridgehead atoms. The minimum absolute atomic E-state index is 0.0284. The molecule has 0 aromatic carbocycles. The van der Waals surface area contributed by atoms with E-state index in [-0.39, 0.29) is 11.6 Å². The Kier molecular flexibility index (Phi) is 5.58. The monoisotopic (exact) mass is 375 g/mol. The van der Waals surface area contributed by atoms with Gasteiger partial charge in [-0.2, -0.15) is 5.10 Å². The summed E-state index contributed by atoms with van der Waals surface area (Å²) in [5.41, 5.74) is 3.01. The van der Waals surface area contributed by atoms with E-state index in [1.54, 1.807) is 29.2 Å². The Bertz CT molecular complexity index is 949. The number of rotatable bonds is 5. The van der Waals surface area contributed by atoms with Gasteiger partial charge in [0.15, 0.2) is 0 Å². The summed E-state index contributed by atoms with van der Waals surface area (Å²) in [5.74, 6) is 0. The molecule has 1 N–H and O–H groups in total. The van der Waals surface area contributed by atoms with E-state index in [0.29, 0.717) is 12.1 Å². The van der Waals surface area contributed by atoms with Crippen molar-refractivity contribution in [3.8, 4) is 11.3 Å². The lowest BCUT2D eigenvalue weighted by Crippen LogP contribution is -2.37. The van der Waals surface area contributed by atoms with Crippen molar-refractivity contribution in [1.82, 2.24) is 25.1 Å². The predicted octanol–water partition coefficient (Wildman–Crippen LogP) is 3.53. The van der Waals surface area contributed by atoms with Crippen LogP contribution in [0.1, 0.15) is 50.3 Å². The Morgan fingerprint density at radius 1 is 0.929 bits per heavy atom. The van der Waals surface area contributed by atoms with Gasteiger partial charge in [-0.1, -0.05) is 0 Å². The van der Waals surface area contributed by atoms with Crippen LogP contribution in [0.25, 0.3) is 11.3 Å². The van der Waals surface area contributed by atoms with E-state index in [0.717, 1.165) is 36.9 Å². The molecule has 1 aliphatic rings. The Morgan fingerprint density at radius 2 is 1.57 bits per heavy atom. The second-order valence-corrected chi connectivity index (χ2v) is 7.41. The van der Waals surface area contributed by atoms with Crippen molar-refractivity contribution >= 4 is 0 Å². The van der Waals surface area contributed by atoms with Crippen molar-refractivity contribution in [2.24, 2.45) is 0 Å². The molecular formula is C22H25N5O. The van der Waals surface area contributed by atoms with Gasteiger partial charge in [-0.05, 0) is 68.5 Å². The first-order valence-corrected chi connectivity index (χ1v) is 9.87. The first kappa shape index (κ1) is 18.5. The number of hydrogen-bond donors (Lipinski definition) is 1. The first-order chi connectivity index (χ1) is 13.7. The summed E-state index contributed by atoms with van der Waals surface area (Å²) >= 11 is 0. The molecule has 0 spiro atoms. The summed E-state index contributed by atoms with van der Waals surface area (Å²) in [6.45, 7) is 2.19. The summed E-state index contributed by atoms with van der Waals surface area (Å²) in [6.07, 6.45) is 11.1. The lowest BCUT2D eigenvalue weighted by Gasteiger charge is -2.31. The van der Waals surface area contributed by atoms with Crippen molar-refractivity contribution < 1.29 is 0 Å². The number of hydrogen-bond acceptors (Lipinski definition) is 5. The summed E-state index contributed by atoms with van der Waals surface area (Å²) in [5, 5.41) is 8.37. The Morgan fingerprint density at radius 3 is 2.25 bits per heavy atom. The summed E-state index contributed by atoms with van der Waals surface area (Å²) in [7, 11) is 0. The van der Waals surface area contributed by atoms with Crippen molar-refractivity contribution in [2.75, 3.05) is 0 Å². The molecule has 1 atom stereocenters. The molecule has 1 aliphatic carbocycles. The van der Waals surface area contributed by atoms with Gasteiger partial charge in [-0.25, -0.2) is 4.68 Å². The second kappa shape index (κ2) is 8.44. The van der Waals surface area contributed by atoms with Gasteiger partial charge in [0.05, 0.1) is 11.7 Å². The minimum Gasteiger partial charge on any atom is -0.307 e. The van der Waals surface area contributed by atoms with Crippen LogP contribution in [0.15, 0.2) is 66.0 Å². The molecule has 0 aliphatic heterocycles. The van der Waals surface area contributed by atoms with E-state index in [2.05, 4.69) is 39.4 Å².